The van der Waals surface area contributed by atoms with Gasteiger partial charge < -0.3 is 14.6 Å². The van der Waals surface area contributed by atoms with Gasteiger partial charge in [-0.1, -0.05) is 38.5 Å². The third kappa shape index (κ3) is 4.93. The first-order valence-corrected chi connectivity index (χ1v) is 13.8. The number of aryl methyl sites for hydroxylation is 1. The highest BCUT2D eigenvalue weighted by Crippen LogP contribution is 2.37. The average Bonchev–Trinajstić information content (AvgIpc) is 3.41. The summed E-state index contributed by atoms with van der Waals surface area (Å²) in [7, 11) is 0. The fraction of sp³-hybridized carbons (Fsp3) is 0.484. The summed E-state index contributed by atoms with van der Waals surface area (Å²) in [4.78, 5) is 9.69. The Hall–Kier alpha value is -3.08. The Balaban J connectivity index is 1.32. The van der Waals surface area contributed by atoms with Crippen molar-refractivity contribution in [3.8, 4) is 17.4 Å². The summed E-state index contributed by atoms with van der Waals surface area (Å²) in [5.41, 5.74) is 3.87. The molecule has 2 aliphatic carbocycles. The van der Waals surface area contributed by atoms with Crippen LogP contribution in [0.15, 0.2) is 47.5 Å². The Morgan fingerprint density at radius 3 is 2.47 bits per heavy atom. The zero-order chi connectivity index (χ0) is 24.5. The summed E-state index contributed by atoms with van der Waals surface area (Å²) in [5.74, 6) is 3.34. The second-order valence-electron chi connectivity index (χ2n) is 10.9. The molecule has 1 aromatic heterocycles. The topological polar surface area (TPSA) is 63.9 Å². The monoisotopic (exact) mass is 484 g/mol. The highest BCUT2D eigenvalue weighted by Gasteiger charge is 2.30. The van der Waals surface area contributed by atoms with Crippen molar-refractivity contribution in [3.05, 3.63) is 59.2 Å². The molecule has 2 saturated carbocycles. The molecule has 0 unspecified atom stereocenters. The van der Waals surface area contributed by atoms with Crippen molar-refractivity contribution in [2.24, 2.45) is 10.9 Å². The first-order chi connectivity index (χ1) is 17.6. The van der Waals surface area contributed by atoms with Crippen LogP contribution in [0.3, 0.4) is 0 Å². The first-order valence-electron chi connectivity index (χ1n) is 13.8. The molecule has 2 aromatic carbocycles. The number of nitrogens with zero attached hydrogens (tertiary/aromatic N) is 2. The molecule has 2 fully saturated rings. The molecule has 0 amide bonds. The molecular weight excluding hydrogens is 448 g/mol. The van der Waals surface area contributed by atoms with Crippen molar-refractivity contribution in [2.75, 3.05) is 6.61 Å². The summed E-state index contributed by atoms with van der Waals surface area (Å²) in [6.07, 6.45) is 12.8. The van der Waals surface area contributed by atoms with Crippen molar-refractivity contribution >= 4 is 16.8 Å². The molecule has 3 aliphatic rings. The molecule has 0 bridgehead atoms. The van der Waals surface area contributed by atoms with E-state index in [4.69, 9.17) is 14.5 Å². The Labute approximate surface area is 213 Å². The number of rotatable bonds is 5. The maximum atomic E-state index is 10.4. The van der Waals surface area contributed by atoms with E-state index in [2.05, 4.69) is 17.1 Å². The molecule has 1 atom stereocenters. The van der Waals surface area contributed by atoms with E-state index in [0.29, 0.717) is 29.8 Å². The maximum absolute atomic E-state index is 10.4. The van der Waals surface area contributed by atoms with E-state index in [0.717, 1.165) is 28.2 Å². The van der Waals surface area contributed by atoms with E-state index in [-0.39, 0.29) is 11.8 Å². The van der Waals surface area contributed by atoms with Crippen molar-refractivity contribution < 1.29 is 14.6 Å². The minimum atomic E-state index is 0.176. The van der Waals surface area contributed by atoms with Gasteiger partial charge in [0.25, 0.3) is 0 Å². The molecule has 188 valence electrons. The number of aromatic nitrogens is 1. The van der Waals surface area contributed by atoms with Crippen LogP contribution in [0.5, 0.6) is 17.4 Å². The largest absolute Gasteiger partial charge is 0.506 e. The predicted octanol–water partition coefficient (Wildman–Crippen LogP) is 7.81. The minimum absolute atomic E-state index is 0.176. The number of pyridine rings is 1. The van der Waals surface area contributed by atoms with E-state index in [1.165, 1.54) is 69.8 Å². The lowest BCUT2D eigenvalue weighted by molar-refractivity contribution is 0.240. The van der Waals surface area contributed by atoms with Gasteiger partial charge in [-0.25, -0.2) is 9.98 Å². The van der Waals surface area contributed by atoms with Crippen LogP contribution in [0.25, 0.3) is 10.9 Å². The SMILES string of the molecule is Cc1cc(O)c2nc(Oc3cc(C4=N[C@@H](C5CCCCC5)CO4)cc(C4CCCCC4)c3)ccc2c1. The van der Waals surface area contributed by atoms with Gasteiger partial charge in [0.1, 0.15) is 23.6 Å². The van der Waals surface area contributed by atoms with Gasteiger partial charge in [-0.05, 0) is 92.0 Å². The van der Waals surface area contributed by atoms with Crippen molar-refractivity contribution in [2.45, 2.75) is 83.1 Å². The van der Waals surface area contributed by atoms with Crippen LogP contribution in [-0.4, -0.2) is 28.6 Å². The number of hydrogen-bond acceptors (Lipinski definition) is 5. The van der Waals surface area contributed by atoms with E-state index in [9.17, 15) is 5.11 Å². The summed E-state index contributed by atoms with van der Waals surface area (Å²) in [6, 6.07) is 14.3. The number of ether oxygens (including phenoxy) is 2. The van der Waals surface area contributed by atoms with Crippen LogP contribution >= 0.6 is 0 Å². The predicted molar refractivity (Wildman–Crippen MR) is 143 cm³/mol. The van der Waals surface area contributed by atoms with Crippen molar-refractivity contribution in [3.63, 3.8) is 0 Å². The average molecular weight is 485 g/mol. The third-order valence-electron chi connectivity index (χ3n) is 8.23. The number of hydrogen-bond donors (Lipinski definition) is 1. The van der Waals surface area contributed by atoms with Crippen LogP contribution in [0, 0.1) is 12.8 Å². The van der Waals surface area contributed by atoms with Gasteiger partial charge in [0.05, 0.1) is 6.04 Å². The fourth-order valence-corrected chi connectivity index (χ4v) is 6.31. The van der Waals surface area contributed by atoms with Gasteiger partial charge >= 0.3 is 0 Å². The van der Waals surface area contributed by atoms with E-state index in [1.807, 2.05) is 31.2 Å². The van der Waals surface area contributed by atoms with Crippen LogP contribution < -0.4 is 4.74 Å². The lowest BCUT2D eigenvalue weighted by Crippen LogP contribution is -2.22. The van der Waals surface area contributed by atoms with Gasteiger partial charge in [0.2, 0.25) is 11.8 Å². The zero-order valence-corrected chi connectivity index (χ0v) is 21.2. The summed E-state index contributed by atoms with van der Waals surface area (Å²) in [5, 5.41) is 11.3. The second-order valence-corrected chi connectivity index (χ2v) is 10.9. The second kappa shape index (κ2) is 10.1. The minimum Gasteiger partial charge on any atom is -0.506 e. The Kier molecular flexibility index (Phi) is 6.56. The molecule has 1 N–H and O–H groups in total. The first kappa shape index (κ1) is 23.3. The molecule has 2 heterocycles. The van der Waals surface area contributed by atoms with Gasteiger partial charge in [0.15, 0.2) is 0 Å². The maximum Gasteiger partial charge on any atom is 0.219 e. The third-order valence-corrected chi connectivity index (χ3v) is 8.23. The van der Waals surface area contributed by atoms with Crippen LogP contribution in [0.4, 0.5) is 0 Å². The standard InChI is InChI=1S/C31H36N2O3/c1-20-14-23-12-13-29(33-30(23)28(34)15-20)36-26-17-24(21-8-4-2-5-9-21)16-25(18-26)31-32-27(19-35-31)22-10-6-3-7-11-22/h12-18,21-22,27,34H,2-11,19H2,1H3/t27-/m1/s1. The smallest absolute Gasteiger partial charge is 0.219 e. The molecule has 0 spiro atoms. The van der Waals surface area contributed by atoms with E-state index >= 15 is 0 Å². The number of aliphatic imine (C=N–C) groups is 1. The highest BCUT2D eigenvalue weighted by molar-refractivity contribution is 5.96. The molecule has 6 rings (SSSR count). The molecule has 0 saturated heterocycles. The van der Waals surface area contributed by atoms with Crippen molar-refractivity contribution in [1.29, 1.82) is 0 Å². The Morgan fingerprint density at radius 2 is 1.67 bits per heavy atom. The Morgan fingerprint density at radius 1 is 0.889 bits per heavy atom. The normalized spacial score (nSPS) is 21.4. The lowest BCUT2D eigenvalue weighted by Gasteiger charge is -2.24. The molecular formula is C31H36N2O3. The van der Waals surface area contributed by atoms with Crippen molar-refractivity contribution in [1.82, 2.24) is 4.98 Å². The fourth-order valence-electron chi connectivity index (χ4n) is 6.31. The van der Waals surface area contributed by atoms with Gasteiger partial charge in [-0.15, -0.1) is 0 Å². The van der Waals surface area contributed by atoms with Crippen LogP contribution in [0.2, 0.25) is 0 Å². The molecule has 1 aliphatic heterocycles. The van der Waals surface area contributed by atoms with Gasteiger partial charge in [0, 0.05) is 17.0 Å². The number of benzene rings is 2. The summed E-state index contributed by atoms with van der Waals surface area (Å²) < 4.78 is 12.5. The number of fused-ring (bicyclic) bond motifs is 1. The van der Waals surface area contributed by atoms with E-state index < -0.39 is 0 Å². The molecule has 0 radical (unpaired) electrons. The van der Waals surface area contributed by atoms with E-state index in [1.54, 1.807) is 6.07 Å². The molecule has 3 aromatic rings. The zero-order valence-electron chi connectivity index (χ0n) is 21.2. The highest BCUT2D eigenvalue weighted by atomic mass is 16.5. The lowest BCUT2D eigenvalue weighted by atomic mass is 9.83. The molecule has 36 heavy (non-hydrogen) atoms. The molecule has 5 heteroatoms. The summed E-state index contributed by atoms with van der Waals surface area (Å²) >= 11 is 0. The van der Waals surface area contributed by atoms with Gasteiger partial charge in [-0.3, -0.25) is 0 Å². The van der Waals surface area contributed by atoms with Gasteiger partial charge in [-0.2, -0.15) is 0 Å². The van der Waals surface area contributed by atoms with Crippen LogP contribution in [-0.2, 0) is 4.74 Å². The Bertz CT molecular complexity index is 1270. The van der Waals surface area contributed by atoms with Crippen LogP contribution in [0.1, 0.15) is 86.8 Å². The number of phenolic OH excluding ortho intramolecular Hbond substituents is 1. The number of phenols is 1. The molecule has 5 nitrogen and oxygen atoms in total. The quantitative estimate of drug-likeness (QED) is 0.401. The summed E-state index contributed by atoms with van der Waals surface area (Å²) in [6.45, 7) is 2.66. The number of aromatic hydroxyl groups is 1.